The number of aromatic nitrogens is 2. The molecule has 3 aromatic rings. The normalized spacial score (nSPS) is 17.2. The molecular weight excluding hydrogens is 452 g/mol. The van der Waals surface area contributed by atoms with E-state index in [1.54, 1.807) is 36.3 Å². The molecular formula is C30H34N2O2S. The SMILES string of the molecule is CCC(Sc1ncccn1)c1cc2c(cc1C=Cc1ccc(C(=O)O)cc1)C(C)(C)CCC2(C)C. The summed E-state index contributed by atoms with van der Waals surface area (Å²) in [4.78, 5) is 20.1. The highest BCUT2D eigenvalue weighted by Crippen LogP contribution is 2.49. The Morgan fingerprint density at radius 3 is 2.17 bits per heavy atom. The van der Waals surface area contributed by atoms with Gasteiger partial charge in [0.1, 0.15) is 0 Å². The fourth-order valence-electron chi connectivity index (χ4n) is 4.83. The molecule has 0 bridgehead atoms. The van der Waals surface area contributed by atoms with Gasteiger partial charge < -0.3 is 5.11 Å². The number of rotatable bonds is 7. The first kappa shape index (κ1) is 25.2. The van der Waals surface area contributed by atoms with Gasteiger partial charge >= 0.3 is 5.97 Å². The van der Waals surface area contributed by atoms with Crippen LogP contribution in [0.1, 0.15) is 97.3 Å². The van der Waals surface area contributed by atoms with Crippen molar-refractivity contribution in [3.05, 3.63) is 88.2 Å². The number of thioether (sulfide) groups is 1. The van der Waals surface area contributed by atoms with Gasteiger partial charge in [0.25, 0.3) is 0 Å². The highest BCUT2D eigenvalue weighted by Gasteiger charge is 2.38. The number of nitrogens with zero attached hydrogens (tertiary/aromatic N) is 2. The lowest BCUT2D eigenvalue weighted by atomic mass is 9.62. The predicted molar refractivity (Wildman–Crippen MR) is 145 cm³/mol. The largest absolute Gasteiger partial charge is 0.478 e. The zero-order valence-electron chi connectivity index (χ0n) is 21.2. The zero-order chi connectivity index (χ0) is 25.2. The molecule has 0 amide bonds. The Morgan fingerprint density at radius 2 is 1.60 bits per heavy atom. The standard InChI is InChI=1S/C30H34N2O2S/c1-6-26(35-28-31-16-7-17-32-28)23-19-25-24(29(2,3)14-15-30(25,4)5)18-22(23)13-10-20-8-11-21(12-9-20)27(33)34/h7-13,16-19,26H,6,14-15H2,1-5H3,(H,33,34). The molecule has 1 heterocycles. The second-order valence-electron chi connectivity index (χ2n) is 10.6. The smallest absolute Gasteiger partial charge is 0.335 e. The van der Waals surface area contributed by atoms with E-state index in [2.05, 4.69) is 68.9 Å². The molecule has 0 spiro atoms. The summed E-state index contributed by atoms with van der Waals surface area (Å²) >= 11 is 1.71. The van der Waals surface area contributed by atoms with Gasteiger partial charge in [-0.15, -0.1) is 0 Å². The molecule has 4 nitrogen and oxygen atoms in total. The van der Waals surface area contributed by atoms with E-state index >= 15 is 0 Å². The number of carbonyl (C=O) groups is 1. The van der Waals surface area contributed by atoms with Gasteiger partial charge in [-0.25, -0.2) is 14.8 Å². The highest BCUT2D eigenvalue weighted by atomic mass is 32.2. The lowest BCUT2D eigenvalue weighted by Gasteiger charge is -2.42. The Balaban J connectivity index is 1.81. The highest BCUT2D eigenvalue weighted by molar-refractivity contribution is 7.99. The molecule has 4 rings (SSSR count). The van der Waals surface area contributed by atoms with Crippen molar-refractivity contribution in [1.29, 1.82) is 0 Å². The molecule has 2 aromatic carbocycles. The van der Waals surface area contributed by atoms with Crippen LogP contribution in [0.3, 0.4) is 0 Å². The fraction of sp³-hybridized carbons (Fsp3) is 0.367. The third-order valence-corrected chi connectivity index (χ3v) is 8.47. The van der Waals surface area contributed by atoms with Gasteiger partial charge in [-0.3, -0.25) is 0 Å². The quantitative estimate of drug-likeness (QED) is 0.209. The third-order valence-electron chi connectivity index (χ3n) is 7.18. The Kier molecular flexibility index (Phi) is 7.18. The van der Waals surface area contributed by atoms with Crippen LogP contribution in [0.4, 0.5) is 0 Å². The minimum atomic E-state index is -0.909. The van der Waals surface area contributed by atoms with Crippen LogP contribution in [0.2, 0.25) is 0 Å². The molecule has 182 valence electrons. The van der Waals surface area contributed by atoms with Crippen LogP contribution in [-0.2, 0) is 10.8 Å². The number of aromatic carboxylic acids is 1. The van der Waals surface area contributed by atoms with Crippen LogP contribution < -0.4 is 0 Å². The first-order valence-corrected chi connectivity index (χ1v) is 13.1. The minimum Gasteiger partial charge on any atom is -0.478 e. The third kappa shape index (κ3) is 5.51. The van der Waals surface area contributed by atoms with E-state index in [1.165, 1.54) is 28.7 Å². The summed E-state index contributed by atoms with van der Waals surface area (Å²) in [6, 6.07) is 13.7. The van der Waals surface area contributed by atoms with Crippen molar-refractivity contribution >= 4 is 29.9 Å². The van der Waals surface area contributed by atoms with Crippen molar-refractivity contribution in [1.82, 2.24) is 9.97 Å². The van der Waals surface area contributed by atoms with Crippen LogP contribution in [0.5, 0.6) is 0 Å². The fourth-order valence-corrected chi connectivity index (χ4v) is 5.83. The molecule has 35 heavy (non-hydrogen) atoms. The van der Waals surface area contributed by atoms with Crippen LogP contribution in [0.15, 0.2) is 60.0 Å². The second kappa shape index (κ2) is 9.98. The summed E-state index contributed by atoms with van der Waals surface area (Å²) < 4.78 is 0. The Bertz CT molecular complexity index is 1230. The van der Waals surface area contributed by atoms with E-state index in [-0.39, 0.29) is 16.1 Å². The molecule has 1 aliphatic carbocycles. The first-order chi connectivity index (χ1) is 16.6. The molecule has 0 fully saturated rings. The summed E-state index contributed by atoms with van der Waals surface area (Å²) in [5, 5.41) is 10.2. The molecule has 1 aliphatic rings. The summed E-state index contributed by atoms with van der Waals surface area (Å²) in [6.07, 6.45) is 11.1. The van der Waals surface area contributed by atoms with Gasteiger partial charge in [0.15, 0.2) is 5.16 Å². The zero-order valence-corrected chi connectivity index (χ0v) is 22.0. The van der Waals surface area contributed by atoms with Gasteiger partial charge in [0.05, 0.1) is 5.56 Å². The van der Waals surface area contributed by atoms with Crippen LogP contribution >= 0.6 is 11.8 Å². The number of carboxylic acid groups (broad SMARTS) is 1. The van der Waals surface area contributed by atoms with Crippen LogP contribution in [0.25, 0.3) is 12.2 Å². The van der Waals surface area contributed by atoms with E-state index in [4.69, 9.17) is 0 Å². The molecule has 0 saturated heterocycles. The number of hydrogen-bond donors (Lipinski definition) is 1. The lowest BCUT2D eigenvalue weighted by molar-refractivity contribution is 0.0697. The summed E-state index contributed by atoms with van der Waals surface area (Å²) in [5.74, 6) is -0.909. The monoisotopic (exact) mass is 486 g/mol. The molecule has 1 N–H and O–H groups in total. The Hall–Kier alpha value is -2.92. The van der Waals surface area contributed by atoms with Gasteiger partial charge in [0.2, 0.25) is 0 Å². The van der Waals surface area contributed by atoms with Crippen LogP contribution in [0, 0.1) is 0 Å². The second-order valence-corrected chi connectivity index (χ2v) is 11.8. The molecule has 1 atom stereocenters. The molecule has 0 saturated carbocycles. The van der Waals surface area contributed by atoms with Gasteiger partial charge in [-0.2, -0.15) is 0 Å². The Labute approximate surface area is 212 Å². The maximum Gasteiger partial charge on any atom is 0.335 e. The molecule has 0 radical (unpaired) electrons. The summed E-state index contributed by atoms with van der Waals surface area (Å²) in [5.41, 5.74) is 6.89. The summed E-state index contributed by atoms with van der Waals surface area (Å²) in [6.45, 7) is 11.6. The van der Waals surface area contributed by atoms with Gasteiger partial charge in [0, 0.05) is 17.6 Å². The van der Waals surface area contributed by atoms with Crippen molar-refractivity contribution in [2.75, 3.05) is 0 Å². The molecule has 1 unspecified atom stereocenters. The average Bonchev–Trinajstić information content (AvgIpc) is 2.84. The predicted octanol–water partition coefficient (Wildman–Crippen LogP) is 7.94. The Morgan fingerprint density at radius 1 is 1.00 bits per heavy atom. The summed E-state index contributed by atoms with van der Waals surface area (Å²) in [7, 11) is 0. The van der Waals surface area contributed by atoms with Crippen molar-refractivity contribution in [2.24, 2.45) is 0 Å². The van der Waals surface area contributed by atoms with Gasteiger partial charge in [-0.1, -0.05) is 82.8 Å². The number of fused-ring (bicyclic) bond motifs is 1. The number of carboxylic acids is 1. The van der Waals surface area contributed by atoms with E-state index < -0.39 is 5.97 Å². The number of benzene rings is 2. The topological polar surface area (TPSA) is 63.1 Å². The van der Waals surface area contributed by atoms with Crippen molar-refractivity contribution < 1.29 is 9.90 Å². The van der Waals surface area contributed by atoms with E-state index in [0.29, 0.717) is 5.56 Å². The maximum atomic E-state index is 11.2. The first-order valence-electron chi connectivity index (χ1n) is 12.2. The molecule has 5 heteroatoms. The maximum absolute atomic E-state index is 11.2. The van der Waals surface area contributed by atoms with Crippen molar-refractivity contribution in [2.45, 2.75) is 75.1 Å². The van der Waals surface area contributed by atoms with Crippen molar-refractivity contribution in [3.8, 4) is 0 Å². The number of hydrogen-bond acceptors (Lipinski definition) is 4. The molecule has 1 aromatic heterocycles. The van der Waals surface area contributed by atoms with Crippen LogP contribution in [-0.4, -0.2) is 21.0 Å². The van der Waals surface area contributed by atoms with E-state index in [1.807, 2.05) is 18.2 Å². The minimum absolute atomic E-state index is 0.118. The van der Waals surface area contributed by atoms with E-state index in [9.17, 15) is 9.90 Å². The van der Waals surface area contributed by atoms with Crippen molar-refractivity contribution in [3.63, 3.8) is 0 Å². The lowest BCUT2D eigenvalue weighted by Crippen LogP contribution is -2.34. The molecule has 0 aliphatic heterocycles. The van der Waals surface area contributed by atoms with E-state index in [0.717, 1.165) is 23.6 Å². The van der Waals surface area contributed by atoms with Gasteiger partial charge in [-0.05, 0) is 76.1 Å². The average molecular weight is 487 g/mol.